The molecule has 0 radical (unpaired) electrons. The lowest BCUT2D eigenvalue weighted by Gasteiger charge is -2.28. The van der Waals surface area contributed by atoms with Gasteiger partial charge in [0.15, 0.2) is 17.1 Å². The topological polar surface area (TPSA) is 307 Å². The first kappa shape index (κ1) is 86.7. The summed E-state index contributed by atoms with van der Waals surface area (Å²) >= 11 is 18.5. The summed E-state index contributed by atoms with van der Waals surface area (Å²) in [5.74, 6) is -0.721. The van der Waals surface area contributed by atoms with Crippen molar-refractivity contribution < 1.29 is 49.5 Å². The second kappa shape index (κ2) is 38.9. The van der Waals surface area contributed by atoms with Crippen LogP contribution in [0.2, 0.25) is 15.1 Å². The molecule has 7 aromatic carbocycles. The third-order valence-electron chi connectivity index (χ3n) is 22.5. The number of primary sulfonamides is 2. The molecule has 0 aliphatic heterocycles. The van der Waals surface area contributed by atoms with Gasteiger partial charge >= 0.3 is 6.18 Å². The molecular formula is C90H95Cl3F3N13O8S2. The number of carbonyl (C=O) groups excluding carboxylic acids is 3. The number of fused-ring (bicyclic) bond motifs is 3. The van der Waals surface area contributed by atoms with Crippen LogP contribution in [0.1, 0.15) is 220 Å². The fourth-order valence-corrected chi connectivity index (χ4v) is 18.0. The molecule has 11 aromatic rings. The Morgan fingerprint density at radius 3 is 1.61 bits per heavy atom. The number of rotatable bonds is 21. The van der Waals surface area contributed by atoms with Crippen molar-refractivity contribution in [3.05, 3.63) is 294 Å². The first-order valence-corrected chi connectivity index (χ1v) is 44.5. The number of nitrogens with zero attached hydrogens (tertiary/aromatic N) is 8. The van der Waals surface area contributed by atoms with Crippen molar-refractivity contribution in [2.75, 3.05) is 6.61 Å². The second-order valence-corrected chi connectivity index (χ2v) is 35.4. The Morgan fingerprint density at radius 2 is 1.03 bits per heavy atom. The maximum Gasteiger partial charge on any atom is 0.433 e. The molecule has 4 heterocycles. The van der Waals surface area contributed by atoms with E-state index in [1.165, 1.54) is 48.2 Å². The third kappa shape index (κ3) is 21.9. The summed E-state index contributed by atoms with van der Waals surface area (Å²) in [6, 6.07) is 54.9. The lowest BCUT2D eigenvalue weighted by Crippen LogP contribution is -2.39. The van der Waals surface area contributed by atoms with Gasteiger partial charge in [-0.05, 0) is 247 Å². The number of amides is 3. The van der Waals surface area contributed by atoms with Gasteiger partial charge in [-0.15, -0.1) is 0 Å². The van der Waals surface area contributed by atoms with E-state index in [0.717, 1.165) is 158 Å². The van der Waals surface area contributed by atoms with Gasteiger partial charge in [0.1, 0.15) is 5.69 Å². The van der Waals surface area contributed by atoms with Gasteiger partial charge in [-0.1, -0.05) is 164 Å². The molecule has 1 fully saturated rings. The highest BCUT2D eigenvalue weighted by Crippen LogP contribution is 2.41. The molecule has 3 amide bonds. The number of aliphatic hydroxyl groups excluding tert-OH is 1. The molecule has 4 aliphatic rings. The predicted molar refractivity (Wildman–Crippen MR) is 456 cm³/mol. The van der Waals surface area contributed by atoms with Crippen LogP contribution in [0.15, 0.2) is 204 Å². The lowest BCUT2D eigenvalue weighted by atomic mass is 9.84. The summed E-state index contributed by atoms with van der Waals surface area (Å²) in [7, 11) is -7.66. The number of hydrogen-bond donors (Lipinski definition) is 6. The van der Waals surface area contributed by atoms with Crippen LogP contribution < -0.4 is 26.2 Å². The zero-order valence-corrected chi connectivity index (χ0v) is 69.9. The van der Waals surface area contributed by atoms with Gasteiger partial charge < -0.3 is 21.1 Å². The molecule has 21 nitrogen and oxygen atoms in total. The highest BCUT2D eigenvalue weighted by atomic mass is 35.5. The Bertz CT molecular complexity index is 5660. The summed E-state index contributed by atoms with van der Waals surface area (Å²) in [5, 5.41) is 46.1. The fraction of sp³-hybridized carbons (Fsp3) is 0.333. The number of halogens is 6. The first-order valence-electron chi connectivity index (χ1n) is 40.2. The van der Waals surface area contributed by atoms with Gasteiger partial charge in [-0.3, -0.25) is 14.4 Å². The van der Waals surface area contributed by atoms with Gasteiger partial charge in [0.25, 0.3) is 23.7 Å². The molecular weight excluding hydrogens is 1620 g/mol. The van der Waals surface area contributed by atoms with Crippen molar-refractivity contribution in [2.24, 2.45) is 16.2 Å². The lowest BCUT2D eigenvalue weighted by molar-refractivity contribution is -0.141. The highest BCUT2D eigenvalue weighted by Gasteiger charge is 2.38. The van der Waals surface area contributed by atoms with E-state index < -0.39 is 43.9 Å². The molecule has 29 heteroatoms. The summed E-state index contributed by atoms with van der Waals surface area (Å²) in [6.45, 7) is 3.76. The normalized spacial score (nSPS) is 16.9. The summed E-state index contributed by atoms with van der Waals surface area (Å²) in [5.41, 5.74) is 12.4. The van der Waals surface area contributed by atoms with Crippen LogP contribution in [-0.4, -0.2) is 97.7 Å². The van der Waals surface area contributed by atoms with Crippen LogP contribution >= 0.6 is 34.8 Å². The van der Waals surface area contributed by atoms with Gasteiger partial charge in [-0.2, -0.15) is 28.5 Å². The predicted octanol–water partition coefficient (Wildman–Crippen LogP) is 17.6. The third-order valence-corrected chi connectivity index (χ3v) is 25.1. The molecule has 8 N–H and O–H groups in total. The van der Waals surface area contributed by atoms with Crippen molar-refractivity contribution in [1.82, 2.24) is 55.3 Å². The first-order chi connectivity index (χ1) is 57.1. The minimum absolute atomic E-state index is 0.0249. The van der Waals surface area contributed by atoms with E-state index in [1.54, 1.807) is 35.0 Å². The van der Waals surface area contributed by atoms with Gasteiger partial charge in [-0.25, -0.2) is 51.1 Å². The van der Waals surface area contributed by atoms with Crippen molar-refractivity contribution in [2.45, 2.75) is 188 Å². The summed E-state index contributed by atoms with van der Waals surface area (Å²) < 4.78 is 93.0. The maximum atomic E-state index is 13.7. The second-order valence-electron chi connectivity index (χ2n) is 30.9. The Kier molecular flexibility index (Phi) is 28.4. The average molecular weight is 1710 g/mol. The molecule has 4 aromatic heterocycles. The van der Waals surface area contributed by atoms with Crippen LogP contribution in [0.3, 0.4) is 0 Å². The number of nitrogens with two attached hydrogens (primary N) is 2. The zero-order chi connectivity index (χ0) is 84.1. The molecule has 0 spiro atoms. The van der Waals surface area contributed by atoms with Gasteiger partial charge in [0.2, 0.25) is 20.0 Å². The van der Waals surface area contributed by atoms with E-state index in [1.807, 2.05) is 139 Å². The van der Waals surface area contributed by atoms with E-state index >= 15 is 0 Å². The van der Waals surface area contributed by atoms with Crippen molar-refractivity contribution in [3.63, 3.8) is 0 Å². The van der Waals surface area contributed by atoms with Crippen LogP contribution in [0.25, 0.3) is 29.0 Å². The molecule has 2 unspecified atom stereocenters. The molecule has 0 saturated heterocycles. The summed E-state index contributed by atoms with van der Waals surface area (Å²) in [4.78, 5) is 48.9. The minimum atomic E-state index is -4.67. The van der Waals surface area contributed by atoms with Crippen LogP contribution in [0, 0.1) is 5.92 Å². The number of allylic oxidation sites excluding steroid dienone is 1. The van der Waals surface area contributed by atoms with Crippen LogP contribution in [0.4, 0.5) is 13.2 Å². The minimum Gasteiger partial charge on any atom is -0.394 e. The molecule has 622 valence electrons. The number of aliphatic hydroxyl groups is 1. The molecule has 4 aliphatic carbocycles. The molecule has 1 saturated carbocycles. The number of sulfonamides is 2. The van der Waals surface area contributed by atoms with E-state index in [2.05, 4.69) is 44.0 Å². The Morgan fingerprint density at radius 1 is 0.529 bits per heavy atom. The molecule has 0 bridgehead atoms. The van der Waals surface area contributed by atoms with Crippen LogP contribution in [0.5, 0.6) is 0 Å². The van der Waals surface area contributed by atoms with Gasteiger partial charge in [0, 0.05) is 55.8 Å². The SMILES string of the molecule is C[C@@H](NC(=O)c1nn(-c2ccc(S(N)(=O)=O)cc2)c2c1CCCC/C2=C\c1ccc(Cl)cc1)C1CCCCC1.C[C@@H](NC(=O)c1nn(-c2ccc(S(N)(=O)=O)cc2)c2c1CCCCC2Cc1ccc(Cl)cc1)c1ccccc1.O=C(N[C@@H](CO)Cc1ccccc1)c1nn(-c2nccc(C(F)(F)F)n2)c2c1CCCCC2Cc1cccc(Cl)c1. The quantitative estimate of drug-likeness (QED) is 0.0365. The largest absolute Gasteiger partial charge is 0.433 e. The molecule has 5 atom stereocenters. The molecule has 119 heavy (non-hydrogen) atoms. The van der Waals surface area contributed by atoms with Crippen LogP contribution in [-0.2, 0) is 64.7 Å². The standard InChI is InChI=1S/C30H29ClF3N5O2.C30H35ClN4O3S.C30H31ClN4O3S/c31-22-11-6-9-20(16-22)15-21-10-4-5-12-24-26(28(41)36-23(18-40)17-19-7-2-1-3-8-19)38-39(27(21)24)29-35-14-13-25(37-29)30(32,33)34;2*1-20(22-7-3-2-4-8-22)33-30(36)28-27-10-6-5-9-23(19-21-11-13-24(31)14-12-21)29(27)35(34-28)25-15-17-26(18-16-25)39(32,37)38/h1-3,6-9,11,13-14,16,21,23,40H,4-5,10,12,15,17-18H2,(H,36,41);11-20,22H,2-10H2,1H3,(H,33,36)(H2,32,37,38);2-4,7-8,11-18,20,23H,5-6,9-10,19H2,1H3,(H,33,36)(H2,32,37,38)/b;23-19+;/t21?,23-;20-;20-,23?/m111/s1. The smallest absolute Gasteiger partial charge is 0.394 e. The summed E-state index contributed by atoms with van der Waals surface area (Å²) in [6.07, 6.45) is 16.2. The average Bonchev–Trinajstić information content (AvgIpc) is 1.63. The van der Waals surface area contributed by atoms with Gasteiger partial charge in [0.05, 0.1) is 56.9 Å². The van der Waals surface area contributed by atoms with E-state index in [9.17, 15) is 49.5 Å². The number of carbonyl (C=O) groups is 3. The van der Waals surface area contributed by atoms with E-state index in [0.29, 0.717) is 74.3 Å². The number of alkyl halides is 3. The number of nitrogens with one attached hydrogen (secondary N) is 3. The Balaban J connectivity index is 0.000000155. The Labute approximate surface area is 706 Å². The highest BCUT2D eigenvalue weighted by molar-refractivity contribution is 7.89. The molecule has 15 rings (SSSR count). The number of benzene rings is 7. The number of aromatic nitrogens is 8. The zero-order valence-electron chi connectivity index (χ0n) is 66.0. The Hall–Kier alpha value is -10.2. The fourth-order valence-electron chi connectivity index (χ4n) is 16.5. The van der Waals surface area contributed by atoms with Crippen molar-refractivity contribution in [3.8, 4) is 17.3 Å². The number of hydrogen-bond acceptors (Lipinski definition) is 13. The van der Waals surface area contributed by atoms with Crippen molar-refractivity contribution >= 4 is 84.2 Å². The monoisotopic (exact) mass is 1710 g/mol. The maximum absolute atomic E-state index is 13.7. The van der Waals surface area contributed by atoms with E-state index in [-0.39, 0.29) is 63.8 Å². The van der Waals surface area contributed by atoms with E-state index in [4.69, 9.17) is 55.3 Å². The van der Waals surface area contributed by atoms with Crippen molar-refractivity contribution in [1.29, 1.82) is 0 Å².